The number of carbonyl (C=O) groups is 1. The van der Waals surface area contributed by atoms with Gasteiger partial charge in [-0.05, 0) is 30.3 Å². The van der Waals surface area contributed by atoms with Crippen LogP contribution in [0, 0.1) is 11.6 Å². The zero-order valence-electron chi connectivity index (χ0n) is 9.28. The minimum Gasteiger partial charge on any atom is -0.397 e. The molecule has 0 aliphatic carbocycles. The first-order valence-corrected chi connectivity index (χ1v) is 5.19. The number of nitrogen functional groups attached to an aromatic ring is 1. The van der Waals surface area contributed by atoms with Crippen LogP contribution in [0.5, 0.6) is 0 Å². The van der Waals surface area contributed by atoms with E-state index in [-0.39, 0.29) is 16.9 Å². The lowest BCUT2D eigenvalue weighted by molar-refractivity contribution is 0.102. The van der Waals surface area contributed by atoms with E-state index < -0.39 is 17.5 Å². The maximum atomic E-state index is 13.4. The number of nitrogens with one attached hydrogen (secondary N) is 1. The Kier molecular flexibility index (Phi) is 3.23. The van der Waals surface area contributed by atoms with Crippen molar-refractivity contribution < 1.29 is 13.6 Å². The van der Waals surface area contributed by atoms with Crippen LogP contribution in [-0.4, -0.2) is 5.91 Å². The molecule has 0 heterocycles. The lowest BCUT2D eigenvalue weighted by atomic mass is 10.2. The van der Waals surface area contributed by atoms with Gasteiger partial charge in [-0.2, -0.15) is 0 Å². The highest BCUT2D eigenvalue weighted by Gasteiger charge is 2.12. The van der Waals surface area contributed by atoms with Gasteiger partial charge in [-0.25, -0.2) is 8.78 Å². The Labute approximate surface area is 102 Å². The summed E-state index contributed by atoms with van der Waals surface area (Å²) in [5.41, 5.74) is 5.78. The van der Waals surface area contributed by atoms with E-state index in [2.05, 4.69) is 5.32 Å². The summed E-state index contributed by atoms with van der Waals surface area (Å²) in [6, 6.07) is 9.09. The van der Waals surface area contributed by atoms with Crippen LogP contribution in [0.4, 0.5) is 20.2 Å². The van der Waals surface area contributed by atoms with Gasteiger partial charge in [0, 0.05) is 0 Å². The van der Waals surface area contributed by atoms with Crippen molar-refractivity contribution in [2.75, 3.05) is 11.1 Å². The fourth-order valence-electron chi connectivity index (χ4n) is 1.47. The van der Waals surface area contributed by atoms with Crippen molar-refractivity contribution in [1.29, 1.82) is 0 Å². The Hall–Kier alpha value is -2.43. The number of rotatable bonds is 2. The highest BCUT2D eigenvalue weighted by Crippen LogP contribution is 2.20. The van der Waals surface area contributed by atoms with E-state index in [0.717, 1.165) is 6.07 Å². The average molecular weight is 248 g/mol. The van der Waals surface area contributed by atoms with Crippen molar-refractivity contribution in [3.05, 3.63) is 59.7 Å². The molecule has 5 heteroatoms. The molecule has 3 N–H and O–H groups in total. The standard InChI is InChI=1S/C13H10F2N2O/c14-8-5-6-11(16)12(7-8)17-13(18)9-3-1-2-4-10(9)15/h1-7H,16H2,(H,17,18). The zero-order valence-corrected chi connectivity index (χ0v) is 9.28. The van der Waals surface area contributed by atoms with Crippen molar-refractivity contribution >= 4 is 17.3 Å². The van der Waals surface area contributed by atoms with Gasteiger partial charge in [0.05, 0.1) is 16.9 Å². The van der Waals surface area contributed by atoms with E-state index in [9.17, 15) is 13.6 Å². The second-order valence-corrected chi connectivity index (χ2v) is 3.67. The maximum absolute atomic E-state index is 13.4. The number of hydrogen-bond acceptors (Lipinski definition) is 2. The summed E-state index contributed by atoms with van der Waals surface area (Å²) in [6.07, 6.45) is 0. The molecule has 0 saturated carbocycles. The van der Waals surface area contributed by atoms with Crippen LogP contribution < -0.4 is 11.1 Å². The van der Waals surface area contributed by atoms with Gasteiger partial charge in [0.1, 0.15) is 11.6 Å². The molecule has 0 fully saturated rings. The molecule has 2 aromatic rings. The second-order valence-electron chi connectivity index (χ2n) is 3.67. The molecule has 0 aliphatic rings. The lowest BCUT2D eigenvalue weighted by Crippen LogP contribution is -2.14. The highest BCUT2D eigenvalue weighted by molar-refractivity contribution is 6.05. The van der Waals surface area contributed by atoms with Crippen LogP contribution in [0.15, 0.2) is 42.5 Å². The molecule has 92 valence electrons. The molecule has 0 saturated heterocycles. The number of anilines is 2. The van der Waals surface area contributed by atoms with Gasteiger partial charge in [-0.1, -0.05) is 12.1 Å². The molecule has 0 atom stereocenters. The lowest BCUT2D eigenvalue weighted by Gasteiger charge is -2.08. The Balaban J connectivity index is 2.27. The third kappa shape index (κ3) is 2.45. The zero-order chi connectivity index (χ0) is 13.1. The van der Waals surface area contributed by atoms with E-state index in [1.165, 1.54) is 36.4 Å². The van der Waals surface area contributed by atoms with Crippen molar-refractivity contribution in [3.63, 3.8) is 0 Å². The first-order chi connectivity index (χ1) is 8.58. The molecule has 0 spiro atoms. The molecule has 1 amide bonds. The third-order valence-corrected chi connectivity index (χ3v) is 2.38. The quantitative estimate of drug-likeness (QED) is 0.803. The van der Waals surface area contributed by atoms with Crippen LogP contribution in [0.1, 0.15) is 10.4 Å². The van der Waals surface area contributed by atoms with E-state index in [1.807, 2.05) is 0 Å². The number of nitrogens with two attached hydrogens (primary N) is 1. The van der Waals surface area contributed by atoms with E-state index >= 15 is 0 Å². The fourth-order valence-corrected chi connectivity index (χ4v) is 1.47. The molecule has 0 aliphatic heterocycles. The minimum absolute atomic E-state index is 0.114. The predicted octanol–water partition coefficient (Wildman–Crippen LogP) is 2.80. The molecule has 3 nitrogen and oxygen atoms in total. The topological polar surface area (TPSA) is 55.1 Å². The van der Waals surface area contributed by atoms with Gasteiger partial charge in [0.25, 0.3) is 5.91 Å². The molecule has 0 bridgehead atoms. The van der Waals surface area contributed by atoms with E-state index in [0.29, 0.717) is 0 Å². The smallest absolute Gasteiger partial charge is 0.258 e. The summed E-state index contributed by atoms with van der Waals surface area (Å²) < 4.78 is 26.4. The van der Waals surface area contributed by atoms with E-state index in [4.69, 9.17) is 5.73 Å². The van der Waals surface area contributed by atoms with E-state index in [1.54, 1.807) is 0 Å². The maximum Gasteiger partial charge on any atom is 0.258 e. The first-order valence-electron chi connectivity index (χ1n) is 5.19. The van der Waals surface area contributed by atoms with Gasteiger partial charge >= 0.3 is 0 Å². The predicted molar refractivity (Wildman–Crippen MR) is 65.2 cm³/mol. The van der Waals surface area contributed by atoms with Gasteiger partial charge in [0.15, 0.2) is 0 Å². The summed E-state index contributed by atoms with van der Waals surface area (Å²) in [5.74, 6) is -1.86. The van der Waals surface area contributed by atoms with Crippen LogP contribution in [0.2, 0.25) is 0 Å². The van der Waals surface area contributed by atoms with Crippen LogP contribution in [0.3, 0.4) is 0 Å². The number of carbonyl (C=O) groups excluding carboxylic acids is 1. The Bertz CT molecular complexity index is 599. The molecule has 0 unspecified atom stereocenters. The number of hydrogen-bond donors (Lipinski definition) is 2. The molecular weight excluding hydrogens is 238 g/mol. The molecule has 0 aromatic heterocycles. The van der Waals surface area contributed by atoms with Gasteiger partial charge in [-0.3, -0.25) is 4.79 Å². The highest BCUT2D eigenvalue weighted by atomic mass is 19.1. The summed E-state index contributed by atoms with van der Waals surface area (Å²) in [7, 11) is 0. The van der Waals surface area contributed by atoms with Gasteiger partial charge < -0.3 is 11.1 Å². The average Bonchev–Trinajstić information content (AvgIpc) is 2.34. The molecular formula is C13H10F2N2O. The van der Waals surface area contributed by atoms with Gasteiger partial charge in [0.2, 0.25) is 0 Å². The Morgan fingerprint density at radius 2 is 1.83 bits per heavy atom. The number of benzene rings is 2. The number of amides is 1. The van der Waals surface area contributed by atoms with Crippen LogP contribution >= 0.6 is 0 Å². The fraction of sp³-hybridized carbons (Fsp3) is 0. The minimum atomic E-state index is -0.676. The van der Waals surface area contributed by atoms with Crippen molar-refractivity contribution in [2.45, 2.75) is 0 Å². The normalized spacial score (nSPS) is 10.1. The number of halogens is 2. The second kappa shape index (κ2) is 4.83. The summed E-state index contributed by atoms with van der Waals surface area (Å²) >= 11 is 0. The van der Waals surface area contributed by atoms with Gasteiger partial charge in [-0.15, -0.1) is 0 Å². The largest absolute Gasteiger partial charge is 0.397 e. The molecule has 18 heavy (non-hydrogen) atoms. The molecule has 2 rings (SSSR count). The molecule has 2 aromatic carbocycles. The Morgan fingerprint density at radius 3 is 2.56 bits per heavy atom. The first kappa shape index (κ1) is 12.0. The molecule has 0 radical (unpaired) electrons. The third-order valence-electron chi connectivity index (χ3n) is 2.38. The van der Waals surface area contributed by atoms with Crippen molar-refractivity contribution in [2.24, 2.45) is 0 Å². The van der Waals surface area contributed by atoms with Crippen molar-refractivity contribution in [1.82, 2.24) is 0 Å². The van der Waals surface area contributed by atoms with Crippen molar-refractivity contribution in [3.8, 4) is 0 Å². The van der Waals surface area contributed by atoms with Crippen LogP contribution in [0.25, 0.3) is 0 Å². The SMILES string of the molecule is Nc1ccc(F)cc1NC(=O)c1ccccc1F. The van der Waals surface area contributed by atoms with Crippen LogP contribution in [-0.2, 0) is 0 Å². The summed E-state index contributed by atoms with van der Waals surface area (Å²) in [5, 5.41) is 2.36. The summed E-state index contributed by atoms with van der Waals surface area (Å²) in [6.45, 7) is 0. The summed E-state index contributed by atoms with van der Waals surface area (Å²) in [4.78, 5) is 11.8. The Morgan fingerprint density at radius 1 is 1.11 bits per heavy atom. The monoisotopic (exact) mass is 248 g/mol.